The van der Waals surface area contributed by atoms with Gasteiger partial charge in [0.25, 0.3) is 0 Å². The van der Waals surface area contributed by atoms with Crippen LogP contribution in [-0.2, 0) is 9.47 Å². The van der Waals surface area contributed by atoms with Crippen molar-refractivity contribution in [1.29, 1.82) is 0 Å². The minimum atomic E-state index is -0.254. The van der Waals surface area contributed by atoms with Crippen LogP contribution in [0.1, 0.15) is 26.7 Å². The molecule has 1 heterocycles. The van der Waals surface area contributed by atoms with Crippen LogP contribution in [0.2, 0.25) is 0 Å². The molecule has 1 fully saturated rings. The van der Waals surface area contributed by atoms with Gasteiger partial charge in [-0.05, 0) is 20.3 Å². The van der Waals surface area contributed by atoms with E-state index in [9.17, 15) is 5.11 Å². The van der Waals surface area contributed by atoms with Crippen LogP contribution in [0.5, 0.6) is 0 Å². The van der Waals surface area contributed by atoms with Crippen molar-refractivity contribution in [2.75, 3.05) is 6.61 Å². The van der Waals surface area contributed by atoms with E-state index in [1.165, 1.54) is 0 Å². The van der Waals surface area contributed by atoms with Crippen LogP contribution >= 0.6 is 0 Å². The standard InChI is InChI=1S/C8H16O3/c1-3-10-8-5-7(9)4-6(2)11-8/h6-9H,3-5H2,1-2H3. The van der Waals surface area contributed by atoms with E-state index in [1.54, 1.807) is 0 Å². The molecule has 0 aliphatic carbocycles. The molecule has 1 N–H and O–H groups in total. The zero-order chi connectivity index (χ0) is 8.27. The van der Waals surface area contributed by atoms with Crippen molar-refractivity contribution in [2.24, 2.45) is 0 Å². The minimum absolute atomic E-state index is 0.121. The van der Waals surface area contributed by atoms with Gasteiger partial charge in [0.15, 0.2) is 6.29 Å². The van der Waals surface area contributed by atoms with Gasteiger partial charge in [-0.3, -0.25) is 0 Å². The predicted molar refractivity (Wildman–Crippen MR) is 41.2 cm³/mol. The topological polar surface area (TPSA) is 38.7 Å². The van der Waals surface area contributed by atoms with Gasteiger partial charge in [-0.1, -0.05) is 0 Å². The van der Waals surface area contributed by atoms with Crippen molar-refractivity contribution in [3.8, 4) is 0 Å². The van der Waals surface area contributed by atoms with Crippen molar-refractivity contribution in [1.82, 2.24) is 0 Å². The largest absolute Gasteiger partial charge is 0.393 e. The predicted octanol–water partition coefficient (Wildman–Crippen LogP) is 0.909. The second-order valence-corrected chi connectivity index (χ2v) is 2.96. The SMILES string of the molecule is CCOC1CC(O)CC(C)O1. The summed E-state index contributed by atoms with van der Waals surface area (Å²) in [5.74, 6) is 0. The summed E-state index contributed by atoms with van der Waals surface area (Å²) in [6.45, 7) is 4.52. The third-order valence-corrected chi connectivity index (χ3v) is 1.81. The summed E-state index contributed by atoms with van der Waals surface area (Å²) in [7, 11) is 0. The number of hydrogen-bond acceptors (Lipinski definition) is 3. The first-order chi connectivity index (χ1) is 5.22. The van der Waals surface area contributed by atoms with Gasteiger partial charge >= 0.3 is 0 Å². The Hall–Kier alpha value is -0.120. The molecule has 1 saturated heterocycles. The highest BCUT2D eigenvalue weighted by molar-refractivity contribution is 4.69. The monoisotopic (exact) mass is 160 g/mol. The van der Waals surface area contributed by atoms with Crippen LogP contribution in [0.15, 0.2) is 0 Å². The molecule has 1 rings (SSSR count). The van der Waals surface area contributed by atoms with Crippen molar-refractivity contribution >= 4 is 0 Å². The van der Waals surface area contributed by atoms with Crippen molar-refractivity contribution in [2.45, 2.75) is 45.2 Å². The summed E-state index contributed by atoms with van der Waals surface area (Å²) in [6.07, 6.45) is 1.01. The summed E-state index contributed by atoms with van der Waals surface area (Å²) in [6, 6.07) is 0. The highest BCUT2D eigenvalue weighted by atomic mass is 16.7. The van der Waals surface area contributed by atoms with Crippen molar-refractivity contribution in [3.63, 3.8) is 0 Å². The average molecular weight is 160 g/mol. The number of aliphatic hydroxyl groups is 1. The fourth-order valence-corrected chi connectivity index (χ4v) is 1.36. The molecule has 0 radical (unpaired) electrons. The first-order valence-corrected chi connectivity index (χ1v) is 4.17. The number of aliphatic hydroxyl groups excluding tert-OH is 1. The molecule has 0 aromatic rings. The lowest BCUT2D eigenvalue weighted by molar-refractivity contribution is -0.208. The van der Waals surface area contributed by atoms with Gasteiger partial charge in [0, 0.05) is 13.0 Å². The summed E-state index contributed by atoms with van der Waals surface area (Å²) >= 11 is 0. The number of ether oxygens (including phenoxy) is 2. The van der Waals surface area contributed by atoms with Crippen LogP contribution in [0, 0.1) is 0 Å². The quantitative estimate of drug-likeness (QED) is 0.652. The Bertz CT molecular complexity index is 106. The Morgan fingerprint density at radius 3 is 2.82 bits per heavy atom. The van der Waals surface area contributed by atoms with Gasteiger partial charge in [0.05, 0.1) is 12.2 Å². The molecular weight excluding hydrogens is 144 g/mol. The Morgan fingerprint density at radius 1 is 1.55 bits per heavy atom. The Balaban J connectivity index is 2.30. The van der Waals surface area contributed by atoms with Crippen LogP contribution in [-0.4, -0.2) is 30.2 Å². The van der Waals surface area contributed by atoms with E-state index in [0.717, 1.165) is 6.42 Å². The maximum Gasteiger partial charge on any atom is 0.160 e. The van der Waals surface area contributed by atoms with Gasteiger partial charge in [-0.2, -0.15) is 0 Å². The molecule has 66 valence electrons. The maximum atomic E-state index is 9.32. The van der Waals surface area contributed by atoms with Gasteiger partial charge < -0.3 is 14.6 Å². The van der Waals surface area contributed by atoms with Crippen LogP contribution in [0.25, 0.3) is 0 Å². The molecule has 0 aromatic carbocycles. The van der Waals surface area contributed by atoms with E-state index >= 15 is 0 Å². The lowest BCUT2D eigenvalue weighted by atomic mass is 10.1. The van der Waals surface area contributed by atoms with Gasteiger partial charge in [0.1, 0.15) is 0 Å². The molecule has 3 heteroatoms. The summed E-state index contributed by atoms with van der Waals surface area (Å²) in [4.78, 5) is 0. The molecule has 3 atom stereocenters. The molecule has 0 spiro atoms. The molecule has 0 aromatic heterocycles. The lowest BCUT2D eigenvalue weighted by Crippen LogP contribution is -2.35. The van der Waals surface area contributed by atoms with Crippen molar-refractivity contribution < 1.29 is 14.6 Å². The normalized spacial score (nSPS) is 39.0. The van der Waals surface area contributed by atoms with E-state index in [4.69, 9.17) is 9.47 Å². The Labute approximate surface area is 67.3 Å². The zero-order valence-corrected chi connectivity index (χ0v) is 7.12. The third kappa shape index (κ3) is 2.77. The first-order valence-electron chi connectivity index (χ1n) is 4.17. The smallest absolute Gasteiger partial charge is 0.160 e. The number of rotatable bonds is 2. The van der Waals surface area contributed by atoms with E-state index in [-0.39, 0.29) is 18.5 Å². The second kappa shape index (κ2) is 4.04. The highest BCUT2D eigenvalue weighted by Crippen LogP contribution is 2.19. The van der Waals surface area contributed by atoms with Gasteiger partial charge in [-0.15, -0.1) is 0 Å². The molecule has 3 unspecified atom stereocenters. The van der Waals surface area contributed by atoms with E-state index in [2.05, 4.69) is 0 Å². The molecule has 0 saturated carbocycles. The molecule has 0 amide bonds. The third-order valence-electron chi connectivity index (χ3n) is 1.81. The lowest BCUT2D eigenvalue weighted by Gasteiger charge is -2.30. The minimum Gasteiger partial charge on any atom is -0.393 e. The molecule has 11 heavy (non-hydrogen) atoms. The highest BCUT2D eigenvalue weighted by Gasteiger charge is 2.25. The van der Waals surface area contributed by atoms with Crippen LogP contribution in [0.3, 0.4) is 0 Å². The van der Waals surface area contributed by atoms with Gasteiger partial charge in [-0.25, -0.2) is 0 Å². The molecular formula is C8H16O3. The summed E-state index contributed by atoms with van der Waals surface area (Å²) in [5, 5.41) is 9.32. The maximum absolute atomic E-state index is 9.32. The Kier molecular flexibility index (Phi) is 3.30. The number of hydrogen-bond donors (Lipinski definition) is 1. The molecule has 1 aliphatic heterocycles. The Morgan fingerprint density at radius 2 is 2.27 bits per heavy atom. The molecule has 1 aliphatic rings. The van der Waals surface area contributed by atoms with Gasteiger partial charge in [0.2, 0.25) is 0 Å². The van der Waals surface area contributed by atoms with E-state index in [1.807, 2.05) is 13.8 Å². The van der Waals surface area contributed by atoms with E-state index < -0.39 is 0 Å². The zero-order valence-electron chi connectivity index (χ0n) is 7.12. The van der Waals surface area contributed by atoms with Crippen molar-refractivity contribution in [3.05, 3.63) is 0 Å². The average Bonchev–Trinajstić information content (AvgIpc) is 1.85. The second-order valence-electron chi connectivity index (χ2n) is 2.96. The summed E-state index contributed by atoms with van der Waals surface area (Å²) < 4.78 is 10.7. The summed E-state index contributed by atoms with van der Waals surface area (Å²) in [5.41, 5.74) is 0. The fourth-order valence-electron chi connectivity index (χ4n) is 1.36. The molecule has 0 bridgehead atoms. The molecule has 3 nitrogen and oxygen atoms in total. The van der Waals surface area contributed by atoms with Crippen LogP contribution in [0.4, 0.5) is 0 Å². The van der Waals surface area contributed by atoms with Crippen LogP contribution < -0.4 is 0 Å². The first kappa shape index (κ1) is 8.97. The van der Waals surface area contributed by atoms with E-state index in [0.29, 0.717) is 13.0 Å². The fraction of sp³-hybridized carbons (Fsp3) is 1.00.